The highest BCUT2D eigenvalue weighted by molar-refractivity contribution is 7.13. The van der Waals surface area contributed by atoms with Crippen molar-refractivity contribution in [2.24, 2.45) is 0 Å². The van der Waals surface area contributed by atoms with Crippen LogP contribution in [-0.2, 0) is 0 Å². The topological polar surface area (TPSA) is 73.3 Å². The second kappa shape index (κ2) is 9.05. The number of rotatable bonds is 5. The average Bonchev–Trinajstić information content (AvgIpc) is 3.29. The Balaban J connectivity index is 1.55. The van der Waals surface area contributed by atoms with E-state index in [9.17, 15) is 4.79 Å². The fraction of sp³-hybridized carbons (Fsp3) is 0.318. The number of carbonyl (C=O) groups is 1. The molecule has 1 saturated carbocycles. The summed E-state index contributed by atoms with van der Waals surface area (Å²) < 4.78 is 11.1. The molecule has 1 aromatic carbocycles. The van der Waals surface area contributed by atoms with Crippen LogP contribution in [0.3, 0.4) is 0 Å². The van der Waals surface area contributed by atoms with Gasteiger partial charge in [0, 0.05) is 46.7 Å². The van der Waals surface area contributed by atoms with Gasteiger partial charge < -0.3 is 14.8 Å². The zero-order chi connectivity index (χ0) is 20.1. The van der Waals surface area contributed by atoms with E-state index in [1.54, 1.807) is 49.2 Å². The van der Waals surface area contributed by atoms with Gasteiger partial charge in [-0.3, -0.25) is 4.98 Å². The van der Waals surface area contributed by atoms with Crippen molar-refractivity contribution in [1.29, 1.82) is 0 Å². The number of nitrogens with zero attached hydrogens (tertiary/aromatic N) is 2. The summed E-state index contributed by atoms with van der Waals surface area (Å²) in [6.07, 6.45) is 10.5. The minimum Gasteiger partial charge on any atom is -0.496 e. The van der Waals surface area contributed by atoms with Gasteiger partial charge in [0.1, 0.15) is 16.5 Å². The number of methoxy groups -OCH3 is 1. The lowest BCUT2D eigenvalue weighted by molar-refractivity contribution is 0.192. The molecule has 2 aromatic heterocycles. The molecule has 150 valence electrons. The van der Waals surface area contributed by atoms with Crippen molar-refractivity contribution in [2.75, 3.05) is 7.11 Å². The van der Waals surface area contributed by atoms with Crippen molar-refractivity contribution in [2.45, 2.75) is 38.1 Å². The van der Waals surface area contributed by atoms with Gasteiger partial charge >= 0.3 is 6.09 Å². The Morgan fingerprint density at radius 2 is 1.97 bits per heavy atom. The van der Waals surface area contributed by atoms with Crippen molar-refractivity contribution in [3.05, 3.63) is 48.2 Å². The molecule has 1 fully saturated rings. The Hall–Kier alpha value is -2.93. The first-order chi connectivity index (χ1) is 14.2. The number of benzene rings is 1. The van der Waals surface area contributed by atoms with E-state index in [0.29, 0.717) is 11.5 Å². The van der Waals surface area contributed by atoms with Crippen molar-refractivity contribution in [3.8, 4) is 33.2 Å². The first-order valence-electron chi connectivity index (χ1n) is 9.74. The van der Waals surface area contributed by atoms with Crippen LogP contribution < -0.4 is 14.8 Å². The van der Waals surface area contributed by atoms with E-state index in [1.165, 1.54) is 6.42 Å². The summed E-state index contributed by atoms with van der Waals surface area (Å²) in [6.45, 7) is 0. The van der Waals surface area contributed by atoms with Crippen LogP contribution in [-0.4, -0.2) is 29.2 Å². The molecular formula is C22H23N3O3S. The molecule has 0 radical (unpaired) electrons. The second-order valence-electron chi connectivity index (χ2n) is 7.03. The standard InChI is InChI=1S/C22H23N3O3S/c1-27-20-8-7-18(28-22(26)25-17-5-3-2-4-6-17)12-19(20)15-11-16(14-23-13-15)21-24-9-10-29-21/h7-14,17H,2-6H2,1H3,(H,25,26). The summed E-state index contributed by atoms with van der Waals surface area (Å²) in [6, 6.07) is 7.56. The SMILES string of the molecule is COc1ccc(OC(=O)NC2CCCCC2)cc1-c1cncc(-c2nccs2)c1. The van der Waals surface area contributed by atoms with E-state index < -0.39 is 6.09 Å². The van der Waals surface area contributed by atoms with Crippen molar-refractivity contribution in [1.82, 2.24) is 15.3 Å². The second-order valence-corrected chi connectivity index (χ2v) is 7.92. The highest BCUT2D eigenvalue weighted by atomic mass is 32.1. The normalized spacial score (nSPS) is 14.4. The Morgan fingerprint density at radius 1 is 1.14 bits per heavy atom. The number of pyridine rings is 1. The van der Waals surface area contributed by atoms with Crippen molar-refractivity contribution >= 4 is 17.4 Å². The van der Waals surface area contributed by atoms with Gasteiger partial charge in [0.15, 0.2) is 0 Å². The van der Waals surface area contributed by atoms with Crippen LogP contribution in [0.1, 0.15) is 32.1 Å². The summed E-state index contributed by atoms with van der Waals surface area (Å²) in [5, 5.41) is 5.80. The third-order valence-electron chi connectivity index (χ3n) is 5.04. The highest BCUT2D eigenvalue weighted by Gasteiger charge is 2.17. The van der Waals surface area contributed by atoms with Gasteiger partial charge in [0.05, 0.1) is 7.11 Å². The molecule has 2 heterocycles. The van der Waals surface area contributed by atoms with E-state index in [2.05, 4.69) is 15.3 Å². The molecule has 1 aliphatic carbocycles. The predicted octanol–water partition coefficient (Wildman–Crippen LogP) is 5.30. The highest BCUT2D eigenvalue weighted by Crippen LogP contribution is 2.35. The molecule has 1 aliphatic rings. The third-order valence-corrected chi connectivity index (χ3v) is 5.86. The lowest BCUT2D eigenvalue weighted by atomic mass is 9.96. The molecule has 1 amide bonds. The molecule has 0 aliphatic heterocycles. The zero-order valence-corrected chi connectivity index (χ0v) is 17.1. The molecule has 4 rings (SSSR count). The number of amides is 1. The van der Waals surface area contributed by atoms with Crippen molar-refractivity contribution in [3.63, 3.8) is 0 Å². The molecule has 0 bridgehead atoms. The largest absolute Gasteiger partial charge is 0.496 e. The van der Waals surface area contributed by atoms with Crippen LogP contribution in [0.25, 0.3) is 21.7 Å². The van der Waals surface area contributed by atoms with E-state index in [0.717, 1.165) is 47.4 Å². The van der Waals surface area contributed by atoms with E-state index >= 15 is 0 Å². The van der Waals surface area contributed by atoms with Crippen molar-refractivity contribution < 1.29 is 14.3 Å². The van der Waals surface area contributed by atoms with Gasteiger partial charge in [-0.1, -0.05) is 19.3 Å². The number of aromatic nitrogens is 2. The van der Waals surface area contributed by atoms with E-state index in [4.69, 9.17) is 9.47 Å². The maximum Gasteiger partial charge on any atom is 0.412 e. The molecular weight excluding hydrogens is 386 g/mol. The number of thiazole rings is 1. The molecule has 3 aromatic rings. The molecule has 0 saturated heterocycles. The van der Waals surface area contributed by atoms with Crippen LogP contribution in [0.15, 0.2) is 48.2 Å². The fourth-order valence-electron chi connectivity index (χ4n) is 3.60. The van der Waals surface area contributed by atoms with Gasteiger partial charge in [-0.15, -0.1) is 11.3 Å². The monoisotopic (exact) mass is 409 g/mol. The van der Waals surface area contributed by atoms with Gasteiger partial charge in [0.25, 0.3) is 0 Å². The van der Waals surface area contributed by atoms with E-state index in [-0.39, 0.29) is 6.04 Å². The van der Waals surface area contributed by atoms with Gasteiger partial charge in [0.2, 0.25) is 0 Å². The number of hydrogen-bond acceptors (Lipinski definition) is 6. The van der Waals surface area contributed by atoms with Crippen LogP contribution in [0, 0.1) is 0 Å². The maximum absolute atomic E-state index is 12.3. The van der Waals surface area contributed by atoms with Crippen LogP contribution in [0.2, 0.25) is 0 Å². The third kappa shape index (κ3) is 4.74. The van der Waals surface area contributed by atoms with Crippen LogP contribution in [0.5, 0.6) is 11.5 Å². The molecule has 1 N–H and O–H groups in total. The summed E-state index contributed by atoms with van der Waals surface area (Å²) >= 11 is 1.56. The number of nitrogens with one attached hydrogen (secondary N) is 1. The molecule has 29 heavy (non-hydrogen) atoms. The zero-order valence-electron chi connectivity index (χ0n) is 16.3. The predicted molar refractivity (Wildman–Crippen MR) is 113 cm³/mol. The molecule has 7 heteroatoms. The number of ether oxygens (including phenoxy) is 2. The Labute approximate surface area is 173 Å². The van der Waals surface area contributed by atoms with Gasteiger partial charge in [-0.05, 0) is 37.1 Å². The minimum atomic E-state index is -0.414. The van der Waals surface area contributed by atoms with Crippen LogP contribution >= 0.6 is 11.3 Å². The van der Waals surface area contributed by atoms with Gasteiger partial charge in [-0.25, -0.2) is 9.78 Å². The quantitative estimate of drug-likeness (QED) is 0.619. The number of hydrogen-bond donors (Lipinski definition) is 1. The smallest absolute Gasteiger partial charge is 0.412 e. The molecule has 0 spiro atoms. The molecule has 6 nitrogen and oxygen atoms in total. The maximum atomic E-state index is 12.3. The van der Waals surface area contributed by atoms with Gasteiger partial charge in [-0.2, -0.15) is 0 Å². The summed E-state index contributed by atoms with van der Waals surface area (Å²) in [5.74, 6) is 1.15. The Bertz CT molecular complexity index is 969. The first kappa shape index (κ1) is 19.4. The molecule has 0 atom stereocenters. The lowest BCUT2D eigenvalue weighted by Crippen LogP contribution is -2.37. The summed E-state index contributed by atoms with van der Waals surface area (Å²) in [4.78, 5) is 21.0. The van der Waals surface area contributed by atoms with Crippen LogP contribution in [0.4, 0.5) is 4.79 Å². The lowest BCUT2D eigenvalue weighted by Gasteiger charge is -2.22. The number of carbonyl (C=O) groups excluding carboxylic acids is 1. The summed E-state index contributed by atoms with van der Waals surface area (Å²) in [7, 11) is 1.62. The Kier molecular flexibility index (Phi) is 6.05. The molecule has 0 unspecified atom stereocenters. The van der Waals surface area contributed by atoms with E-state index in [1.807, 2.05) is 17.5 Å². The summed E-state index contributed by atoms with van der Waals surface area (Å²) in [5.41, 5.74) is 2.61. The first-order valence-corrected chi connectivity index (χ1v) is 10.6. The minimum absolute atomic E-state index is 0.202. The fourth-order valence-corrected chi connectivity index (χ4v) is 4.22. The Morgan fingerprint density at radius 3 is 2.72 bits per heavy atom. The average molecular weight is 410 g/mol.